The van der Waals surface area contributed by atoms with E-state index in [1.807, 2.05) is 37.3 Å². The summed E-state index contributed by atoms with van der Waals surface area (Å²) in [4.78, 5) is 16.0. The Morgan fingerprint density at radius 3 is 2.55 bits per heavy atom. The molecule has 1 aromatic carbocycles. The first kappa shape index (κ1) is 14.2. The molecule has 2 aromatic rings. The zero-order valence-corrected chi connectivity index (χ0v) is 12.4. The number of nitrogens with one attached hydrogen (secondary N) is 1. The summed E-state index contributed by atoms with van der Waals surface area (Å²) in [6.45, 7) is 1.91. The maximum absolute atomic E-state index is 12.0. The van der Waals surface area contributed by atoms with Crippen molar-refractivity contribution in [3.63, 3.8) is 0 Å². The molecule has 2 rings (SSSR count). The summed E-state index contributed by atoms with van der Waals surface area (Å²) in [5.41, 5.74) is 1.74. The van der Waals surface area contributed by atoms with Crippen LogP contribution in [0.3, 0.4) is 0 Å². The lowest BCUT2D eigenvalue weighted by atomic mass is 10.1. The molecule has 1 amide bonds. The van der Waals surface area contributed by atoms with Crippen LogP contribution in [0.5, 0.6) is 0 Å². The lowest BCUT2D eigenvalue weighted by Gasteiger charge is -2.14. The van der Waals surface area contributed by atoms with Crippen LogP contribution in [0.1, 0.15) is 34.6 Å². The van der Waals surface area contributed by atoms with Gasteiger partial charge in [0.1, 0.15) is 11.8 Å². The number of carbonyl (C=O) groups is 1. The molecule has 0 unspecified atom stereocenters. The van der Waals surface area contributed by atoms with E-state index in [4.69, 9.17) is 5.26 Å². The number of hydrogen-bond acceptors (Lipinski definition) is 3. The summed E-state index contributed by atoms with van der Waals surface area (Å²) in [5.74, 6) is -0.259. The first-order valence-electron chi connectivity index (χ1n) is 6.02. The van der Waals surface area contributed by atoms with E-state index in [0.717, 1.165) is 10.0 Å². The van der Waals surface area contributed by atoms with Gasteiger partial charge in [-0.3, -0.25) is 4.79 Å². The van der Waals surface area contributed by atoms with Crippen LogP contribution in [0, 0.1) is 11.3 Å². The minimum Gasteiger partial charge on any atom is -0.344 e. The van der Waals surface area contributed by atoms with Crippen molar-refractivity contribution in [1.82, 2.24) is 10.3 Å². The Morgan fingerprint density at radius 2 is 2.00 bits per heavy atom. The SMILES string of the molecule is C[C@@H](NC(=O)c1ccc(C#N)cn1)c1ccc(Br)cc1. The van der Waals surface area contributed by atoms with Gasteiger partial charge in [0.05, 0.1) is 11.6 Å². The molecule has 0 aliphatic carbocycles. The van der Waals surface area contributed by atoms with Crippen molar-refractivity contribution in [1.29, 1.82) is 5.26 Å². The highest BCUT2D eigenvalue weighted by Crippen LogP contribution is 2.16. The highest BCUT2D eigenvalue weighted by atomic mass is 79.9. The smallest absolute Gasteiger partial charge is 0.270 e. The molecule has 0 bridgehead atoms. The van der Waals surface area contributed by atoms with Crippen LogP contribution < -0.4 is 5.32 Å². The van der Waals surface area contributed by atoms with Crippen LogP contribution in [0.25, 0.3) is 0 Å². The fourth-order valence-electron chi connectivity index (χ4n) is 1.70. The van der Waals surface area contributed by atoms with Gasteiger partial charge in [-0.25, -0.2) is 4.98 Å². The minimum absolute atomic E-state index is 0.118. The third kappa shape index (κ3) is 3.43. The van der Waals surface area contributed by atoms with Crippen LogP contribution in [0.2, 0.25) is 0 Å². The van der Waals surface area contributed by atoms with E-state index < -0.39 is 0 Å². The van der Waals surface area contributed by atoms with Gasteiger partial charge in [0.15, 0.2) is 0 Å². The molecule has 0 radical (unpaired) electrons. The van der Waals surface area contributed by atoms with Gasteiger partial charge in [-0.1, -0.05) is 28.1 Å². The Morgan fingerprint density at radius 1 is 1.30 bits per heavy atom. The molecule has 1 heterocycles. The van der Waals surface area contributed by atoms with Gasteiger partial charge >= 0.3 is 0 Å². The van der Waals surface area contributed by atoms with Crippen LogP contribution in [-0.2, 0) is 0 Å². The number of hydrogen-bond donors (Lipinski definition) is 1. The molecule has 100 valence electrons. The summed E-state index contributed by atoms with van der Waals surface area (Å²) < 4.78 is 0.994. The highest BCUT2D eigenvalue weighted by molar-refractivity contribution is 9.10. The predicted octanol–water partition coefficient (Wildman–Crippen LogP) is 3.21. The first-order chi connectivity index (χ1) is 9.60. The Hall–Kier alpha value is -2.19. The molecule has 5 heteroatoms. The van der Waals surface area contributed by atoms with Crippen molar-refractivity contribution >= 4 is 21.8 Å². The summed E-state index contributed by atoms with van der Waals surface area (Å²) >= 11 is 3.37. The number of amides is 1. The number of nitrogens with zero attached hydrogens (tertiary/aromatic N) is 2. The third-order valence-electron chi connectivity index (χ3n) is 2.84. The van der Waals surface area contributed by atoms with Gasteiger partial charge < -0.3 is 5.32 Å². The average molecular weight is 330 g/mol. The number of pyridine rings is 1. The topological polar surface area (TPSA) is 65.8 Å². The Balaban J connectivity index is 2.06. The lowest BCUT2D eigenvalue weighted by Crippen LogP contribution is -2.27. The van der Waals surface area contributed by atoms with Gasteiger partial charge in [-0.05, 0) is 36.8 Å². The number of benzene rings is 1. The number of carbonyl (C=O) groups excluding carboxylic acids is 1. The van der Waals surface area contributed by atoms with Crippen molar-refractivity contribution in [2.45, 2.75) is 13.0 Å². The highest BCUT2D eigenvalue weighted by Gasteiger charge is 2.12. The third-order valence-corrected chi connectivity index (χ3v) is 3.37. The fraction of sp³-hybridized carbons (Fsp3) is 0.133. The molecule has 0 fully saturated rings. The molecule has 1 atom stereocenters. The standard InChI is InChI=1S/C15H12BrN3O/c1-10(12-3-5-13(16)6-4-12)19-15(20)14-7-2-11(8-17)9-18-14/h2-7,9-10H,1H3,(H,19,20)/t10-/m1/s1. The first-order valence-corrected chi connectivity index (χ1v) is 6.82. The summed E-state index contributed by atoms with van der Waals surface area (Å²) in [6.07, 6.45) is 1.39. The Labute approximate surface area is 125 Å². The molecule has 1 N–H and O–H groups in total. The molecule has 0 aliphatic rings. The maximum atomic E-state index is 12.0. The van der Waals surface area contributed by atoms with E-state index in [1.165, 1.54) is 6.20 Å². The molecular weight excluding hydrogens is 318 g/mol. The second-order valence-corrected chi connectivity index (χ2v) is 5.21. The van der Waals surface area contributed by atoms with Gasteiger partial charge in [0, 0.05) is 10.7 Å². The van der Waals surface area contributed by atoms with Crippen molar-refractivity contribution in [2.75, 3.05) is 0 Å². The molecule has 1 aromatic heterocycles. The van der Waals surface area contributed by atoms with Crippen molar-refractivity contribution in [2.24, 2.45) is 0 Å². The zero-order chi connectivity index (χ0) is 14.5. The van der Waals surface area contributed by atoms with Crippen molar-refractivity contribution in [3.8, 4) is 6.07 Å². The maximum Gasteiger partial charge on any atom is 0.270 e. The minimum atomic E-state index is -0.259. The Bertz CT molecular complexity index is 644. The second-order valence-electron chi connectivity index (χ2n) is 4.29. The zero-order valence-electron chi connectivity index (χ0n) is 10.8. The van der Waals surface area contributed by atoms with Crippen molar-refractivity contribution < 1.29 is 4.79 Å². The largest absolute Gasteiger partial charge is 0.344 e. The van der Waals surface area contributed by atoms with Gasteiger partial charge in [-0.15, -0.1) is 0 Å². The molecule has 4 nitrogen and oxygen atoms in total. The molecule has 0 spiro atoms. The van der Waals surface area contributed by atoms with Crippen LogP contribution in [0.15, 0.2) is 47.1 Å². The predicted molar refractivity (Wildman–Crippen MR) is 79.0 cm³/mol. The van der Waals surface area contributed by atoms with Crippen LogP contribution in [-0.4, -0.2) is 10.9 Å². The molecular formula is C15H12BrN3O. The summed E-state index contributed by atoms with van der Waals surface area (Å²) in [6, 6.07) is 12.7. The van der Waals surface area contributed by atoms with E-state index in [1.54, 1.807) is 12.1 Å². The Kier molecular flexibility index (Phi) is 4.49. The van der Waals surface area contributed by atoms with Gasteiger partial charge in [-0.2, -0.15) is 5.26 Å². The van der Waals surface area contributed by atoms with Gasteiger partial charge in [0.2, 0.25) is 0 Å². The van der Waals surface area contributed by atoms with E-state index in [-0.39, 0.29) is 11.9 Å². The second kappa shape index (κ2) is 6.31. The summed E-state index contributed by atoms with van der Waals surface area (Å²) in [5, 5.41) is 11.6. The van der Waals surface area contributed by atoms with Crippen LogP contribution in [0.4, 0.5) is 0 Å². The summed E-state index contributed by atoms with van der Waals surface area (Å²) in [7, 11) is 0. The monoisotopic (exact) mass is 329 g/mol. The quantitative estimate of drug-likeness (QED) is 0.940. The molecule has 0 saturated heterocycles. The van der Waals surface area contributed by atoms with Gasteiger partial charge in [0.25, 0.3) is 5.91 Å². The lowest BCUT2D eigenvalue weighted by molar-refractivity contribution is 0.0935. The number of aromatic nitrogens is 1. The van der Waals surface area contributed by atoms with E-state index in [2.05, 4.69) is 26.2 Å². The normalized spacial score (nSPS) is 11.4. The van der Waals surface area contributed by atoms with Crippen LogP contribution >= 0.6 is 15.9 Å². The van der Waals surface area contributed by atoms with E-state index in [0.29, 0.717) is 11.3 Å². The molecule has 0 saturated carbocycles. The average Bonchev–Trinajstić information content (AvgIpc) is 2.48. The number of rotatable bonds is 3. The number of halogens is 1. The fourth-order valence-corrected chi connectivity index (χ4v) is 1.96. The van der Waals surface area contributed by atoms with E-state index in [9.17, 15) is 4.79 Å². The number of nitriles is 1. The molecule has 0 aliphatic heterocycles. The van der Waals surface area contributed by atoms with E-state index >= 15 is 0 Å². The van der Waals surface area contributed by atoms with Crippen molar-refractivity contribution in [3.05, 3.63) is 63.9 Å². The molecule has 20 heavy (non-hydrogen) atoms.